The normalized spacial score (nSPS) is 50.0. The molecule has 0 bridgehead atoms. The first-order valence-corrected chi connectivity index (χ1v) is 3.30. The summed E-state index contributed by atoms with van der Waals surface area (Å²) in [6.45, 7) is -1.80. The van der Waals surface area contributed by atoms with Gasteiger partial charge in [-0.2, -0.15) is 0 Å². The Bertz CT molecular complexity index is 153. The van der Waals surface area contributed by atoms with Crippen molar-refractivity contribution in [2.24, 2.45) is 5.92 Å². The van der Waals surface area contributed by atoms with Crippen LogP contribution in [0.3, 0.4) is 0 Å². The third-order valence-corrected chi connectivity index (χ3v) is 1.74. The van der Waals surface area contributed by atoms with Crippen molar-refractivity contribution >= 4 is 0 Å². The van der Waals surface area contributed by atoms with E-state index in [2.05, 4.69) is 4.74 Å². The summed E-state index contributed by atoms with van der Waals surface area (Å²) >= 11 is 0. The van der Waals surface area contributed by atoms with Crippen molar-refractivity contribution in [2.75, 3.05) is 13.2 Å². The van der Waals surface area contributed by atoms with E-state index in [0.717, 1.165) is 0 Å². The maximum Gasteiger partial charge on any atom is 0.181 e. The molecule has 0 radical (unpaired) electrons. The minimum atomic E-state index is -1.62. The van der Waals surface area contributed by atoms with Gasteiger partial charge in [0.25, 0.3) is 0 Å². The van der Waals surface area contributed by atoms with Crippen molar-refractivity contribution < 1.29 is 26.5 Å². The highest BCUT2D eigenvalue weighted by atomic mass is 16.6. The number of aliphatic hydroxyl groups is 4. The lowest BCUT2D eigenvalue weighted by Gasteiger charge is -2.34. The Kier molecular flexibility index (Phi) is 2.35. The Morgan fingerprint density at radius 3 is 2.55 bits per heavy atom. The molecule has 5 atom stereocenters. The monoisotopic (exact) mass is 165 g/mol. The highest BCUT2D eigenvalue weighted by Crippen LogP contribution is 2.19. The number of aliphatic hydroxyl groups excluding tert-OH is 4. The zero-order valence-corrected chi connectivity index (χ0v) is 5.79. The summed E-state index contributed by atoms with van der Waals surface area (Å²) in [5, 5.41) is 36.1. The maximum atomic E-state index is 9.16. The molecule has 0 aromatic carbocycles. The predicted molar refractivity (Wildman–Crippen MR) is 34.5 cm³/mol. The van der Waals surface area contributed by atoms with Gasteiger partial charge in [0.05, 0.1) is 20.7 Å². The fourth-order valence-corrected chi connectivity index (χ4v) is 1.01. The maximum absolute atomic E-state index is 9.16. The first kappa shape index (κ1) is 7.45. The molecule has 0 spiro atoms. The molecule has 1 heterocycles. The molecule has 1 rings (SSSR count). The molecular formula is C6H12O5. The van der Waals surface area contributed by atoms with Gasteiger partial charge >= 0.3 is 0 Å². The van der Waals surface area contributed by atoms with Crippen LogP contribution >= 0.6 is 0 Å². The fourth-order valence-electron chi connectivity index (χ4n) is 1.01. The van der Waals surface area contributed by atoms with Crippen LogP contribution in [-0.2, 0) is 4.74 Å². The number of ether oxygens (including phenoxy) is 1. The molecule has 1 aliphatic rings. The highest BCUT2D eigenvalue weighted by Gasteiger charge is 2.37. The average molecular weight is 165 g/mol. The first-order chi connectivity index (χ1) is 5.54. The van der Waals surface area contributed by atoms with Crippen LogP contribution < -0.4 is 0 Å². The standard InChI is InChI=1S/C6H12O5/c7-1-3-4(8)2-11-6(10)5(3)9/h3-10H,1-2H2/t3-,4-,5-,6?/m1/s1/i1D/t1?,3-,4-,5-,6?. The second kappa shape index (κ2) is 3.46. The molecule has 0 aromatic rings. The van der Waals surface area contributed by atoms with E-state index in [-0.39, 0.29) is 6.61 Å². The van der Waals surface area contributed by atoms with Gasteiger partial charge < -0.3 is 25.2 Å². The van der Waals surface area contributed by atoms with Crippen molar-refractivity contribution in [2.45, 2.75) is 18.5 Å². The Balaban J connectivity index is 2.65. The average Bonchev–Trinajstić information content (AvgIpc) is 1.97. The summed E-state index contributed by atoms with van der Waals surface area (Å²) in [5.41, 5.74) is 0. The molecule has 4 N–H and O–H groups in total. The van der Waals surface area contributed by atoms with Gasteiger partial charge in [0, 0.05) is 5.92 Å². The fraction of sp³-hybridized carbons (Fsp3) is 1.00. The van der Waals surface area contributed by atoms with E-state index in [1.807, 2.05) is 0 Å². The van der Waals surface area contributed by atoms with Gasteiger partial charge in [0.2, 0.25) is 0 Å². The van der Waals surface area contributed by atoms with Gasteiger partial charge in [0.1, 0.15) is 6.10 Å². The molecule has 2 unspecified atom stereocenters. The van der Waals surface area contributed by atoms with E-state index in [0.29, 0.717) is 0 Å². The van der Waals surface area contributed by atoms with Gasteiger partial charge in [-0.1, -0.05) is 0 Å². The van der Waals surface area contributed by atoms with Crippen LogP contribution in [0.15, 0.2) is 0 Å². The van der Waals surface area contributed by atoms with Crippen LogP contribution in [0.1, 0.15) is 1.37 Å². The number of hydrogen-bond acceptors (Lipinski definition) is 5. The summed E-state index contributed by atoms with van der Waals surface area (Å²) in [6, 6.07) is 0. The Hall–Kier alpha value is -0.200. The minimum absolute atomic E-state index is 0.182. The van der Waals surface area contributed by atoms with Crippen LogP contribution in [-0.4, -0.2) is 52.1 Å². The van der Waals surface area contributed by atoms with Crippen molar-refractivity contribution in [3.8, 4) is 0 Å². The molecule has 1 saturated heterocycles. The van der Waals surface area contributed by atoms with Crippen molar-refractivity contribution in [1.82, 2.24) is 0 Å². The van der Waals surface area contributed by atoms with E-state index < -0.39 is 31.0 Å². The van der Waals surface area contributed by atoms with Gasteiger partial charge in [-0.25, -0.2) is 0 Å². The molecule has 1 aliphatic heterocycles. The molecule has 5 nitrogen and oxygen atoms in total. The highest BCUT2D eigenvalue weighted by molar-refractivity contribution is 4.81. The van der Waals surface area contributed by atoms with Crippen LogP contribution in [0.2, 0.25) is 0 Å². The van der Waals surface area contributed by atoms with Crippen molar-refractivity contribution in [3.63, 3.8) is 0 Å². The molecular weight excluding hydrogens is 152 g/mol. The lowest BCUT2D eigenvalue weighted by Crippen LogP contribution is -2.50. The Morgan fingerprint density at radius 2 is 2.09 bits per heavy atom. The van der Waals surface area contributed by atoms with E-state index in [1.54, 1.807) is 0 Å². The van der Waals surface area contributed by atoms with Crippen molar-refractivity contribution in [3.05, 3.63) is 0 Å². The molecule has 5 heteroatoms. The van der Waals surface area contributed by atoms with Crippen LogP contribution in [0.5, 0.6) is 0 Å². The number of hydrogen-bond donors (Lipinski definition) is 4. The summed E-state index contributed by atoms with van der Waals surface area (Å²) in [7, 11) is 0. The predicted octanol–water partition coefficient (Wildman–Crippen LogP) is -2.33. The SMILES string of the molecule is [2H]C(O)[C@@H]1[C@H](O)COC(O)[C@@H]1O. The third kappa shape index (κ3) is 1.69. The molecule has 66 valence electrons. The molecule has 0 saturated carbocycles. The van der Waals surface area contributed by atoms with Gasteiger partial charge in [-0.3, -0.25) is 0 Å². The van der Waals surface area contributed by atoms with Crippen molar-refractivity contribution in [1.29, 1.82) is 0 Å². The van der Waals surface area contributed by atoms with E-state index in [4.69, 9.17) is 21.8 Å². The summed E-state index contributed by atoms with van der Waals surface area (Å²) in [6.07, 6.45) is -3.96. The molecule has 0 aliphatic carbocycles. The lowest BCUT2D eigenvalue weighted by atomic mass is 9.94. The molecule has 0 amide bonds. The topological polar surface area (TPSA) is 90.2 Å². The second-order valence-electron chi connectivity index (χ2n) is 2.51. The van der Waals surface area contributed by atoms with Crippen LogP contribution in [0.25, 0.3) is 0 Å². The van der Waals surface area contributed by atoms with Gasteiger partial charge in [-0.05, 0) is 0 Å². The van der Waals surface area contributed by atoms with E-state index in [9.17, 15) is 0 Å². The molecule has 1 fully saturated rings. The quantitative estimate of drug-likeness (QED) is 0.350. The van der Waals surface area contributed by atoms with Gasteiger partial charge in [0.15, 0.2) is 6.29 Å². The largest absolute Gasteiger partial charge is 0.396 e. The Morgan fingerprint density at radius 1 is 1.45 bits per heavy atom. The van der Waals surface area contributed by atoms with Crippen LogP contribution in [0.4, 0.5) is 0 Å². The summed E-state index contributed by atoms with van der Waals surface area (Å²) in [5.74, 6) is -1.08. The minimum Gasteiger partial charge on any atom is -0.396 e. The number of rotatable bonds is 1. The van der Waals surface area contributed by atoms with E-state index in [1.165, 1.54) is 0 Å². The zero-order chi connectivity index (χ0) is 9.30. The van der Waals surface area contributed by atoms with Gasteiger partial charge in [-0.15, -0.1) is 0 Å². The molecule has 0 aromatic heterocycles. The Labute approximate surface area is 65.3 Å². The van der Waals surface area contributed by atoms with E-state index >= 15 is 0 Å². The van der Waals surface area contributed by atoms with Crippen LogP contribution in [0, 0.1) is 5.92 Å². The zero-order valence-electron chi connectivity index (χ0n) is 6.79. The third-order valence-electron chi connectivity index (χ3n) is 1.74. The first-order valence-electron chi connectivity index (χ1n) is 3.88. The summed E-state index contributed by atoms with van der Waals surface area (Å²) < 4.78 is 11.4. The summed E-state index contributed by atoms with van der Waals surface area (Å²) in [4.78, 5) is 0. The lowest BCUT2D eigenvalue weighted by molar-refractivity contribution is -0.241. The smallest absolute Gasteiger partial charge is 0.181 e. The molecule has 11 heavy (non-hydrogen) atoms. The second-order valence-corrected chi connectivity index (χ2v) is 2.51.